The van der Waals surface area contributed by atoms with E-state index < -0.39 is 0 Å². The molecule has 166 valence electrons. The van der Waals surface area contributed by atoms with Gasteiger partial charge in [0, 0.05) is 23.1 Å². The molecule has 0 heterocycles. The Morgan fingerprint density at radius 1 is 0.636 bits per heavy atom. The van der Waals surface area contributed by atoms with Crippen LogP contribution in [0.5, 0.6) is 0 Å². The number of benzene rings is 4. The van der Waals surface area contributed by atoms with Crippen molar-refractivity contribution in [3.8, 4) is 28.3 Å². The van der Waals surface area contributed by atoms with Crippen molar-refractivity contribution in [2.24, 2.45) is 0 Å². The van der Waals surface area contributed by atoms with Crippen LogP contribution in [0.2, 0.25) is 10.0 Å². The summed E-state index contributed by atoms with van der Waals surface area (Å²) >= 11 is 11.9. The lowest BCUT2D eigenvalue weighted by Gasteiger charge is -2.09. The summed E-state index contributed by atoms with van der Waals surface area (Å²) in [5.74, 6) is 0. The minimum absolute atomic E-state index is 0.171. The Balaban J connectivity index is 0.000000186. The van der Waals surface area contributed by atoms with Crippen molar-refractivity contribution in [2.75, 3.05) is 6.61 Å². The van der Waals surface area contributed by atoms with Gasteiger partial charge in [-0.2, -0.15) is 5.26 Å². The van der Waals surface area contributed by atoms with Gasteiger partial charge in [-0.3, -0.25) is 0 Å². The van der Waals surface area contributed by atoms with Crippen molar-refractivity contribution < 1.29 is 5.11 Å². The monoisotopic (exact) mass is 473 g/mol. The third-order valence-corrected chi connectivity index (χ3v) is 5.70. The topological polar surface area (TPSA) is 44.0 Å². The highest BCUT2D eigenvalue weighted by Gasteiger charge is 2.06. The molecule has 0 saturated carbocycles. The predicted octanol–water partition coefficient (Wildman–Crippen LogP) is 8.00. The number of hydrogen-bond donors (Lipinski definition) is 1. The Kier molecular flexibility index (Phi) is 9.54. The first-order chi connectivity index (χ1) is 16.1. The van der Waals surface area contributed by atoms with E-state index in [1.165, 1.54) is 0 Å². The SMILES string of the molecule is N#CCCc1cc(Cl)ccc1-c1ccccc1.OCCc1ccccc1-c1ccc(Cl)cc1. The molecule has 0 bridgehead atoms. The Labute approximate surface area is 205 Å². The summed E-state index contributed by atoms with van der Waals surface area (Å²) in [6.45, 7) is 0.171. The summed E-state index contributed by atoms with van der Waals surface area (Å²) in [6.07, 6.45) is 1.93. The summed E-state index contributed by atoms with van der Waals surface area (Å²) in [6, 6.07) is 34.0. The number of halogens is 2. The lowest BCUT2D eigenvalue weighted by Crippen LogP contribution is -1.93. The standard InChI is InChI=1S/C15H12ClN.C14H13ClO/c16-14-8-9-15(12-5-2-1-3-6-12)13(11-14)7-4-10-17;15-13-7-5-12(6-8-13)14-4-2-1-3-11(14)9-10-16/h1-3,5-6,8-9,11H,4,7H2;1-8,16H,9-10H2. The largest absolute Gasteiger partial charge is 0.396 e. The number of hydrogen-bond acceptors (Lipinski definition) is 2. The number of nitriles is 1. The minimum Gasteiger partial charge on any atom is -0.396 e. The molecule has 4 aromatic carbocycles. The average molecular weight is 474 g/mol. The van der Waals surface area contributed by atoms with Crippen molar-refractivity contribution in [3.63, 3.8) is 0 Å². The maximum absolute atomic E-state index is 9.01. The van der Waals surface area contributed by atoms with Gasteiger partial charge >= 0.3 is 0 Å². The van der Waals surface area contributed by atoms with Gasteiger partial charge in [0.15, 0.2) is 0 Å². The number of nitrogens with zero attached hydrogens (tertiary/aromatic N) is 1. The average Bonchev–Trinajstić information content (AvgIpc) is 2.85. The summed E-state index contributed by atoms with van der Waals surface area (Å²) in [5, 5.41) is 19.1. The summed E-state index contributed by atoms with van der Waals surface area (Å²) in [7, 11) is 0. The van der Waals surface area contributed by atoms with E-state index in [9.17, 15) is 0 Å². The zero-order valence-electron chi connectivity index (χ0n) is 18.2. The molecule has 0 aliphatic rings. The van der Waals surface area contributed by atoms with Crippen LogP contribution in [0.3, 0.4) is 0 Å². The van der Waals surface area contributed by atoms with Gasteiger partial charge in [-0.1, -0.05) is 96.0 Å². The van der Waals surface area contributed by atoms with Gasteiger partial charge in [0.05, 0.1) is 6.07 Å². The fourth-order valence-electron chi connectivity index (χ4n) is 3.63. The number of aliphatic hydroxyl groups excluding tert-OH is 1. The quantitative estimate of drug-likeness (QED) is 0.308. The van der Waals surface area contributed by atoms with E-state index >= 15 is 0 Å². The number of rotatable bonds is 6. The fourth-order valence-corrected chi connectivity index (χ4v) is 3.95. The van der Waals surface area contributed by atoms with Crippen LogP contribution < -0.4 is 0 Å². The Bertz CT molecular complexity index is 1200. The molecular formula is C29H25Cl2NO. The van der Waals surface area contributed by atoms with Crippen LogP contribution in [-0.2, 0) is 12.8 Å². The lowest BCUT2D eigenvalue weighted by molar-refractivity contribution is 0.300. The number of aliphatic hydroxyl groups is 1. The molecule has 0 unspecified atom stereocenters. The van der Waals surface area contributed by atoms with Gasteiger partial charge < -0.3 is 5.11 Å². The van der Waals surface area contributed by atoms with Crippen molar-refractivity contribution in [2.45, 2.75) is 19.3 Å². The Morgan fingerprint density at radius 2 is 1.24 bits per heavy atom. The van der Waals surface area contributed by atoms with E-state index in [-0.39, 0.29) is 6.61 Å². The van der Waals surface area contributed by atoms with Gasteiger partial charge in [-0.15, -0.1) is 0 Å². The Morgan fingerprint density at radius 3 is 1.94 bits per heavy atom. The zero-order chi connectivity index (χ0) is 23.5. The molecule has 1 N–H and O–H groups in total. The van der Waals surface area contributed by atoms with Crippen LogP contribution in [0.4, 0.5) is 0 Å². The van der Waals surface area contributed by atoms with E-state index in [1.54, 1.807) is 0 Å². The highest BCUT2D eigenvalue weighted by molar-refractivity contribution is 6.31. The second kappa shape index (κ2) is 12.8. The van der Waals surface area contributed by atoms with Gasteiger partial charge in [-0.25, -0.2) is 0 Å². The van der Waals surface area contributed by atoms with Crippen LogP contribution in [-0.4, -0.2) is 11.7 Å². The van der Waals surface area contributed by atoms with Crippen LogP contribution in [0.25, 0.3) is 22.3 Å². The Hall–Kier alpha value is -3.09. The zero-order valence-corrected chi connectivity index (χ0v) is 19.7. The molecule has 0 fully saturated rings. The third kappa shape index (κ3) is 7.20. The van der Waals surface area contributed by atoms with Gasteiger partial charge in [-0.05, 0) is 70.5 Å². The van der Waals surface area contributed by atoms with Crippen molar-refractivity contribution in [3.05, 3.63) is 118 Å². The van der Waals surface area contributed by atoms with E-state index in [2.05, 4.69) is 24.3 Å². The first-order valence-corrected chi connectivity index (χ1v) is 11.5. The maximum Gasteiger partial charge on any atom is 0.0625 e. The van der Waals surface area contributed by atoms with Crippen LogP contribution in [0, 0.1) is 11.3 Å². The van der Waals surface area contributed by atoms with Gasteiger partial charge in [0.25, 0.3) is 0 Å². The molecule has 4 aromatic rings. The lowest BCUT2D eigenvalue weighted by atomic mass is 9.97. The van der Waals surface area contributed by atoms with Gasteiger partial charge in [0.1, 0.15) is 0 Å². The van der Waals surface area contributed by atoms with E-state index in [0.29, 0.717) is 12.8 Å². The molecule has 0 atom stereocenters. The molecule has 33 heavy (non-hydrogen) atoms. The third-order valence-electron chi connectivity index (χ3n) is 5.21. The summed E-state index contributed by atoms with van der Waals surface area (Å²) in [5.41, 5.74) is 6.90. The highest BCUT2D eigenvalue weighted by atomic mass is 35.5. The normalized spacial score (nSPS) is 10.1. The van der Waals surface area contributed by atoms with E-state index in [1.807, 2.05) is 78.9 Å². The van der Waals surface area contributed by atoms with Crippen LogP contribution in [0.1, 0.15) is 17.5 Å². The second-order valence-electron chi connectivity index (χ2n) is 7.46. The van der Waals surface area contributed by atoms with E-state index in [0.717, 1.165) is 49.8 Å². The molecule has 0 radical (unpaired) electrons. The molecule has 4 heteroatoms. The molecule has 0 aromatic heterocycles. The predicted molar refractivity (Wildman–Crippen MR) is 138 cm³/mol. The van der Waals surface area contributed by atoms with E-state index in [4.69, 9.17) is 33.6 Å². The maximum atomic E-state index is 9.01. The molecular weight excluding hydrogens is 449 g/mol. The first kappa shape index (κ1) is 24.6. The molecule has 4 rings (SSSR count). The van der Waals surface area contributed by atoms with Crippen molar-refractivity contribution in [1.29, 1.82) is 5.26 Å². The fraction of sp³-hybridized carbons (Fsp3) is 0.138. The summed E-state index contributed by atoms with van der Waals surface area (Å²) in [4.78, 5) is 0. The van der Waals surface area contributed by atoms with Crippen molar-refractivity contribution >= 4 is 23.2 Å². The molecule has 2 nitrogen and oxygen atoms in total. The second-order valence-corrected chi connectivity index (χ2v) is 8.34. The molecule has 0 saturated heterocycles. The van der Waals surface area contributed by atoms with Crippen molar-refractivity contribution in [1.82, 2.24) is 0 Å². The summed E-state index contributed by atoms with van der Waals surface area (Å²) < 4.78 is 0. The first-order valence-electron chi connectivity index (χ1n) is 10.8. The smallest absolute Gasteiger partial charge is 0.0625 e. The molecule has 0 spiro atoms. The number of aryl methyl sites for hydroxylation is 1. The minimum atomic E-state index is 0.171. The highest BCUT2D eigenvalue weighted by Crippen LogP contribution is 2.27. The van der Waals surface area contributed by atoms with Crippen LogP contribution in [0.15, 0.2) is 97.1 Å². The van der Waals surface area contributed by atoms with Crippen LogP contribution >= 0.6 is 23.2 Å². The molecule has 0 amide bonds. The molecule has 0 aliphatic carbocycles. The molecule has 0 aliphatic heterocycles. The van der Waals surface area contributed by atoms with Gasteiger partial charge in [0.2, 0.25) is 0 Å².